The van der Waals surface area contributed by atoms with Crippen LogP contribution in [-0.2, 0) is 11.2 Å². The molecule has 0 spiro atoms. The van der Waals surface area contributed by atoms with E-state index in [9.17, 15) is 9.18 Å². The van der Waals surface area contributed by atoms with Gasteiger partial charge in [0.05, 0.1) is 6.42 Å². The van der Waals surface area contributed by atoms with Crippen LogP contribution in [0.5, 0.6) is 0 Å². The normalized spacial score (nSPS) is 21.2. The van der Waals surface area contributed by atoms with Crippen LogP contribution < -0.4 is 5.73 Å². The van der Waals surface area contributed by atoms with Crippen molar-refractivity contribution < 1.29 is 9.18 Å². The van der Waals surface area contributed by atoms with Gasteiger partial charge in [-0.05, 0) is 43.4 Å². The number of rotatable bonds is 3. The Hall–Kier alpha value is -1.42. The van der Waals surface area contributed by atoms with Crippen LogP contribution in [0.3, 0.4) is 0 Å². The third-order valence-corrected chi connectivity index (χ3v) is 3.80. The molecule has 1 amide bonds. The smallest absolute Gasteiger partial charge is 0.227 e. The zero-order valence-corrected chi connectivity index (χ0v) is 11.3. The molecule has 0 bridgehead atoms. The molecule has 1 aromatic carbocycles. The zero-order valence-electron chi connectivity index (χ0n) is 11.3. The fourth-order valence-electron chi connectivity index (χ4n) is 2.60. The second kappa shape index (κ2) is 6.15. The van der Waals surface area contributed by atoms with Crippen LogP contribution in [0.25, 0.3) is 0 Å². The minimum Gasteiger partial charge on any atom is -0.342 e. The van der Waals surface area contributed by atoms with Crippen LogP contribution in [0, 0.1) is 11.7 Å². The Morgan fingerprint density at radius 1 is 1.58 bits per heavy atom. The maximum Gasteiger partial charge on any atom is 0.227 e. The number of carbonyl (C=O) groups excluding carboxylic acids is 1. The van der Waals surface area contributed by atoms with Crippen LogP contribution in [0.2, 0.25) is 0 Å². The molecule has 0 unspecified atom stereocenters. The Balaban J connectivity index is 1.96. The van der Waals surface area contributed by atoms with E-state index in [1.807, 2.05) is 11.8 Å². The number of hydrogen-bond acceptors (Lipinski definition) is 2. The highest BCUT2D eigenvalue weighted by Gasteiger charge is 2.25. The van der Waals surface area contributed by atoms with E-state index in [0.29, 0.717) is 5.92 Å². The van der Waals surface area contributed by atoms with Crippen molar-refractivity contribution in [1.29, 1.82) is 0 Å². The summed E-state index contributed by atoms with van der Waals surface area (Å²) in [7, 11) is 0. The van der Waals surface area contributed by atoms with Crippen LogP contribution in [0.4, 0.5) is 4.39 Å². The maximum absolute atomic E-state index is 13.1. The first-order chi connectivity index (χ1) is 9.06. The molecule has 0 saturated carbocycles. The van der Waals surface area contributed by atoms with Crippen LogP contribution in [0.1, 0.15) is 25.3 Å². The Kier molecular flexibility index (Phi) is 4.53. The fraction of sp³-hybridized carbons (Fsp3) is 0.533. The minimum absolute atomic E-state index is 0.0657. The monoisotopic (exact) mass is 264 g/mol. The van der Waals surface area contributed by atoms with Crippen molar-refractivity contribution in [2.45, 2.75) is 32.2 Å². The van der Waals surface area contributed by atoms with Crippen molar-refractivity contribution in [3.63, 3.8) is 0 Å². The molecule has 1 saturated heterocycles. The average molecular weight is 264 g/mol. The predicted octanol–water partition coefficient (Wildman–Crippen LogP) is 1.95. The Morgan fingerprint density at radius 3 is 3.05 bits per heavy atom. The molecular formula is C15H21FN2O. The number of hydrogen-bond donors (Lipinski definition) is 1. The zero-order chi connectivity index (χ0) is 13.8. The molecule has 19 heavy (non-hydrogen) atoms. The third-order valence-electron chi connectivity index (χ3n) is 3.80. The first-order valence-electron chi connectivity index (χ1n) is 6.84. The molecule has 2 rings (SSSR count). The van der Waals surface area contributed by atoms with E-state index in [4.69, 9.17) is 5.73 Å². The van der Waals surface area contributed by atoms with Gasteiger partial charge in [0.25, 0.3) is 0 Å². The number of likely N-dealkylation sites (tertiary alicyclic amines) is 1. The summed E-state index contributed by atoms with van der Waals surface area (Å²) in [6.45, 7) is 3.51. The lowest BCUT2D eigenvalue weighted by molar-refractivity contribution is -0.132. The van der Waals surface area contributed by atoms with Gasteiger partial charge in [-0.25, -0.2) is 4.39 Å². The van der Waals surface area contributed by atoms with Gasteiger partial charge in [0.15, 0.2) is 0 Å². The molecule has 3 nitrogen and oxygen atoms in total. The number of halogens is 1. The summed E-state index contributed by atoms with van der Waals surface area (Å²) in [5.74, 6) is 0.151. The first kappa shape index (κ1) is 14.0. The van der Waals surface area contributed by atoms with Crippen molar-refractivity contribution in [2.24, 2.45) is 11.7 Å². The first-order valence-corrected chi connectivity index (χ1v) is 6.84. The van der Waals surface area contributed by atoms with E-state index in [1.165, 1.54) is 12.1 Å². The summed E-state index contributed by atoms with van der Waals surface area (Å²) in [6, 6.07) is 6.35. The van der Waals surface area contributed by atoms with Gasteiger partial charge in [0, 0.05) is 19.1 Å². The van der Waals surface area contributed by atoms with Crippen LogP contribution in [0.15, 0.2) is 24.3 Å². The maximum atomic E-state index is 13.1. The molecule has 1 aromatic rings. The highest BCUT2D eigenvalue weighted by Crippen LogP contribution is 2.19. The van der Waals surface area contributed by atoms with E-state index in [2.05, 4.69) is 0 Å². The molecule has 4 heteroatoms. The van der Waals surface area contributed by atoms with Crippen LogP contribution in [-0.4, -0.2) is 29.9 Å². The molecule has 2 N–H and O–H groups in total. The Morgan fingerprint density at radius 2 is 2.37 bits per heavy atom. The van der Waals surface area contributed by atoms with Gasteiger partial charge in [-0.1, -0.05) is 12.1 Å². The van der Waals surface area contributed by atoms with Gasteiger partial charge in [0.2, 0.25) is 5.91 Å². The molecule has 1 heterocycles. The number of amides is 1. The van der Waals surface area contributed by atoms with E-state index >= 15 is 0 Å². The second-order valence-electron chi connectivity index (χ2n) is 5.41. The minimum atomic E-state index is -0.294. The summed E-state index contributed by atoms with van der Waals surface area (Å²) < 4.78 is 13.1. The third kappa shape index (κ3) is 3.77. The molecule has 1 aliphatic rings. The fourth-order valence-corrected chi connectivity index (χ4v) is 2.60. The molecule has 0 aromatic heterocycles. The summed E-state index contributed by atoms with van der Waals surface area (Å²) >= 11 is 0. The van der Waals surface area contributed by atoms with Crippen molar-refractivity contribution in [1.82, 2.24) is 4.90 Å². The summed E-state index contributed by atoms with van der Waals surface area (Å²) in [5.41, 5.74) is 6.64. The number of piperidine rings is 1. The largest absolute Gasteiger partial charge is 0.342 e. The highest BCUT2D eigenvalue weighted by atomic mass is 19.1. The van der Waals surface area contributed by atoms with Crippen LogP contribution >= 0.6 is 0 Å². The highest BCUT2D eigenvalue weighted by molar-refractivity contribution is 5.78. The van der Waals surface area contributed by atoms with Gasteiger partial charge in [0.1, 0.15) is 5.82 Å². The van der Waals surface area contributed by atoms with Gasteiger partial charge >= 0.3 is 0 Å². The van der Waals surface area contributed by atoms with E-state index < -0.39 is 0 Å². The van der Waals surface area contributed by atoms with E-state index in [-0.39, 0.29) is 24.2 Å². The van der Waals surface area contributed by atoms with E-state index in [0.717, 1.165) is 31.5 Å². The second-order valence-corrected chi connectivity index (χ2v) is 5.41. The molecule has 1 aliphatic heterocycles. The van der Waals surface area contributed by atoms with Crippen molar-refractivity contribution in [3.05, 3.63) is 35.6 Å². The van der Waals surface area contributed by atoms with Gasteiger partial charge < -0.3 is 10.6 Å². The number of nitrogens with zero attached hydrogens (tertiary/aromatic N) is 1. The Bertz CT molecular complexity index is 448. The quantitative estimate of drug-likeness (QED) is 0.907. The van der Waals surface area contributed by atoms with Crippen molar-refractivity contribution in [3.8, 4) is 0 Å². The predicted molar refractivity (Wildman–Crippen MR) is 73.1 cm³/mol. The van der Waals surface area contributed by atoms with Gasteiger partial charge in [-0.3, -0.25) is 4.79 Å². The SMILES string of the molecule is C[C@H](N)[C@@H]1CCCN(C(=O)Cc2cccc(F)c2)C1. The molecule has 0 radical (unpaired) electrons. The van der Waals surface area contributed by atoms with E-state index in [1.54, 1.807) is 12.1 Å². The molecule has 0 aliphatic carbocycles. The number of benzene rings is 1. The standard InChI is InChI=1S/C15H21FN2O/c1-11(17)13-5-3-7-18(10-13)15(19)9-12-4-2-6-14(16)8-12/h2,4,6,8,11,13H,3,5,7,9-10,17H2,1H3/t11-,13+/m0/s1. The summed E-state index contributed by atoms with van der Waals surface area (Å²) in [6.07, 6.45) is 2.35. The molecular weight excluding hydrogens is 243 g/mol. The topological polar surface area (TPSA) is 46.3 Å². The van der Waals surface area contributed by atoms with Crippen molar-refractivity contribution >= 4 is 5.91 Å². The molecule has 1 fully saturated rings. The lowest BCUT2D eigenvalue weighted by atomic mass is 9.92. The number of carbonyl (C=O) groups is 1. The molecule has 104 valence electrons. The lowest BCUT2D eigenvalue weighted by Crippen LogP contribution is -2.45. The molecule has 2 atom stereocenters. The van der Waals surface area contributed by atoms with Gasteiger partial charge in [-0.15, -0.1) is 0 Å². The number of nitrogens with two attached hydrogens (primary N) is 1. The van der Waals surface area contributed by atoms with Gasteiger partial charge in [-0.2, -0.15) is 0 Å². The summed E-state index contributed by atoms with van der Waals surface area (Å²) in [5, 5.41) is 0. The average Bonchev–Trinajstić information content (AvgIpc) is 2.39. The Labute approximate surface area is 113 Å². The summed E-state index contributed by atoms with van der Waals surface area (Å²) in [4.78, 5) is 14.1. The lowest BCUT2D eigenvalue weighted by Gasteiger charge is -2.34. The van der Waals surface area contributed by atoms with Crippen molar-refractivity contribution in [2.75, 3.05) is 13.1 Å².